The molecule has 10 rings (SSSR count). The summed E-state index contributed by atoms with van der Waals surface area (Å²) in [5.74, 6) is -10.7. The van der Waals surface area contributed by atoms with Crippen molar-refractivity contribution in [3.8, 4) is 11.5 Å². The van der Waals surface area contributed by atoms with Crippen molar-refractivity contribution in [2.45, 2.75) is 132 Å². The van der Waals surface area contributed by atoms with Gasteiger partial charge in [0.2, 0.25) is 59.1 Å². The first-order valence-corrected chi connectivity index (χ1v) is 31.5. The van der Waals surface area contributed by atoms with Crippen LogP contribution >= 0.6 is 0 Å². The van der Waals surface area contributed by atoms with Crippen molar-refractivity contribution >= 4 is 86.8 Å². The molecule has 8 atom stereocenters. The minimum atomic E-state index is -2.03. The third kappa shape index (κ3) is 18.4. The lowest BCUT2D eigenvalue weighted by molar-refractivity contribution is -0.147. The first-order chi connectivity index (χ1) is 46.4. The molecule has 10 amide bonds. The van der Waals surface area contributed by atoms with Crippen LogP contribution in [0.4, 0.5) is 8.78 Å². The molecule has 2 bridgehead atoms. The molecule has 0 radical (unpaired) electrons. The number of benzene rings is 4. The van der Waals surface area contributed by atoms with Crippen molar-refractivity contribution in [1.29, 1.82) is 0 Å². The molecule has 7 aromatic rings. The number of carboxylic acid groups (broad SMARTS) is 1. The number of amides is 10. The number of primary amides is 1. The monoisotopic (exact) mass is 1340 g/mol. The highest BCUT2D eigenvalue weighted by Crippen LogP contribution is 2.32. The van der Waals surface area contributed by atoms with E-state index in [0.717, 1.165) is 0 Å². The first kappa shape index (κ1) is 70.1. The molecule has 0 saturated carbocycles. The quantitative estimate of drug-likeness (QED) is 0.0773. The number of ether oxygens (including phenoxy) is 2. The van der Waals surface area contributed by atoms with Gasteiger partial charge in [-0.3, -0.25) is 52.7 Å². The number of nitrogens with one attached hydrogen (secondary N) is 11. The van der Waals surface area contributed by atoms with Gasteiger partial charge in [-0.05, 0) is 116 Å². The van der Waals surface area contributed by atoms with E-state index in [0.29, 0.717) is 51.0 Å². The summed E-state index contributed by atoms with van der Waals surface area (Å²) < 4.78 is 40.9. The summed E-state index contributed by atoms with van der Waals surface area (Å²) in [4.78, 5) is 170. The molecule has 30 heteroatoms. The zero-order valence-corrected chi connectivity index (χ0v) is 53.3. The van der Waals surface area contributed by atoms with E-state index in [1.807, 2.05) is 0 Å². The van der Waals surface area contributed by atoms with Crippen molar-refractivity contribution in [2.75, 3.05) is 26.8 Å². The van der Waals surface area contributed by atoms with Gasteiger partial charge in [-0.2, -0.15) is 0 Å². The van der Waals surface area contributed by atoms with Gasteiger partial charge in [0.15, 0.2) is 0 Å². The number of imidazole rings is 1. The van der Waals surface area contributed by atoms with E-state index in [1.165, 1.54) is 87.2 Å². The van der Waals surface area contributed by atoms with Gasteiger partial charge in [-0.1, -0.05) is 24.3 Å². The van der Waals surface area contributed by atoms with E-state index in [2.05, 4.69) is 62.5 Å². The molecule has 4 aromatic carbocycles. The van der Waals surface area contributed by atoms with Crippen molar-refractivity contribution in [3.05, 3.63) is 149 Å². The largest absolute Gasteiger partial charge is 0.497 e. The smallest absolute Gasteiger partial charge is 0.305 e. The molecule has 1 unspecified atom stereocenters. The van der Waals surface area contributed by atoms with Crippen LogP contribution in [0.3, 0.4) is 0 Å². The van der Waals surface area contributed by atoms with Crippen LogP contribution in [0.15, 0.2) is 110 Å². The summed E-state index contributed by atoms with van der Waals surface area (Å²) in [5.41, 5.74) is 7.06. The number of rotatable bonds is 12. The van der Waals surface area contributed by atoms with Crippen molar-refractivity contribution in [1.82, 2.24) is 67.4 Å². The molecule has 3 aliphatic rings. The van der Waals surface area contributed by atoms with E-state index in [9.17, 15) is 52.2 Å². The Labute approximate surface area is 554 Å². The second-order valence-electron chi connectivity index (χ2n) is 24.1. The third-order valence-electron chi connectivity index (χ3n) is 17.1. The standard InChI is InChI=1S/C67H76F2N14O14/c1-36-60(89)77-51(26-39-32-73-48-18-12-41(68)28-46(39)48)61(90)78-52(27-40-33-74-49-19-13-42(69)29-47(40)49)62(91)80-54(31-58(86)87)64(93)79-53(30-43-34-71-35-75-43)63(92)81-55(25-38-8-14-44(96-3)15-9-38)65(94)83-22-5-20-67(83,2)66(95)82-50(59(70)88)24-37-10-16-45(17-11-37)97-23-21-72-56(84)6-4-7-57(85)76-36/h8-19,28-29,32-36,50-55,73-74H,4-7,20-27,30-31H2,1-3H3,(H2,70,88)(H,71,75)(H,72,84)(H,76,85)(H,77,89)(H,78,90)(H,79,93)(H,80,91)(H,81,92)(H,82,95)(H,86,87)/t36-,50+,51+,52?,53+,54+,55+,67+/m1/s1. The van der Waals surface area contributed by atoms with Crippen LogP contribution in [0.2, 0.25) is 0 Å². The number of hydrogen-bond donors (Lipinski definition) is 13. The highest BCUT2D eigenvalue weighted by molar-refractivity contribution is 6.00. The number of aromatic nitrogens is 4. The zero-order valence-electron chi connectivity index (χ0n) is 53.3. The average molecular weight is 1340 g/mol. The van der Waals surface area contributed by atoms with Gasteiger partial charge < -0.3 is 82.7 Å². The number of aromatic amines is 3. The van der Waals surface area contributed by atoms with Crippen LogP contribution in [0, 0.1) is 11.6 Å². The second kappa shape index (κ2) is 31.8. The molecule has 97 heavy (non-hydrogen) atoms. The minimum Gasteiger partial charge on any atom is -0.497 e. The van der Waals surface area contributed by atoms with Gasteiger partial charge in [0.1, 0.15) is 77.6 Å². The number of carbonyl (C=O) groups excluding carboxylic acids is 10. The Balaban J connectivity index is 1.05. The molecule has 3 aliphatic heterocycles. The van der Waals surface area contributed by atoms with E-state index >= 15 is 14.4 Å². The minimum absolute atomic E-state index is 0.0198. The lowest BCUT2D eigenvalue weighted by atomic mass is 9.94. The molecule has 1 saturated heterocycles. The summed E-state index contributed by atoms with van der Waals surface area (Å²) in [5, 5.41) is 31.9. The van der Waals surface area contributed by atoms with Gasteiger partial charge in [0.25, 0.3) is 0 Å². The second-order valence-corrected chi connectivity index (χ2v) is 24.1. The summed E-state index contributed by atoms with van der Waals surface area (Å²) in [6.07, 6.45) is 3.20. The Morgan fingerprint density at radius 1 is 0.670 bits per heavy atom. The fourth-order valence-electron chi connectivity index (χ4n) is 11.8. The maximum Gasteiger partial charge on any atom is 0.305 e. The number of H-pyrrole nitrogens is 3. The number of aliphatic carboxylic acids is 1. The Hall–Kier alpha value is -11.2. The number of halogens is 2. The summed E-state index contributed by atoms with van der Waals surface area (Å²) in [6, 6.07) is 9.58. The van der Waals surface area contributed by atoms with Gasteiger partial charge in [0, 0.05) is 97.6 Å². The summed E-state index contributed by atoms with van der Waals surface area (Å²) in [6.45, 7) is 3.00. The fourth-order valence-corrected chi connectivity index (χ4v) is 11.8. The number of hydrogen-bond acceptors (Lipinski definition) is 14. The zero-order chi connectivity index (χ0) is 69.5. The van der Waals surface area contributed by atoms with E-state index in [-0.39, 0.29) is 87.7 Å². The van der Waals surface area contributed by atoms with Crippen LogP contribution in [-0.4, -0.2) is 170 Å². The highest BCUT2D eigenvalue weighted by atomic mass is 19.1. The molecular weight excluding hydrogens is 1260 g/mol. The number of nitrogens with two attached hydrogens (primary N) is 1. The van der Waals surface area contributed by atoms with Gasteiger partial charge in [-0.15, -0.1) is 0 Å². The average Bonchev–Trinajstić information content (AvgIpc) is 1.70. The van der Waals surface area contributed by atoms with Crippen LogP contribution in [-0.2, 0) is 84.8 Å². The summed E-state index contributed by atoms with van der Waals surface area (Å²) >= 11 is 0. The third-order valence-corrected chi connectivity index (χ3v) is 17.1. The number of fused-ring (bicyclic) bond motifs is 33. The Morgan fingerprint density at radius 2 is 1.24 bits per heavy atom. The number of carboxylic acids is 1. The number of nitrogens with zero attached hydrogens (tertiary/aromatic N) is 2. The molecule has 28 nitrogen and oxygen atoms in total. The van der Waals surface area contributed by atoms with Gasteiger partial charge >= 0.3 is 5.97 Å². The Morgan fingerprint density at radius 3 is 1.81 bits per heavy atom. The number of carbonyl (C=O) groups is 11. The maximum absolute atomic E-state index is 15.2. The molecule has 3 aromatic heterocycles. The molecule has 1 fully saturated rings. The maximum atomic E-state index is 15.2. The molecule has 6 heterocycles. The van der Waals surface area contributed by atoms with E-state index < -0.39 is 137 Å². The molecule has 0 aliphatic carbocycles. The van der Waals surface area contributed by atoms with E-state index in [4.69, 9.17) is 15.2 Å². The SMILES string of the molecule is COc1ccc(C[C@@H]2NC(=O)[C@H](Cc3cnc[nH]3)NC(=O)[C@H](CC(=O)O)NC(=O)C(Cc3c[nH]c4ccc(F)cc34)NC(=O)[C@H](Cc3c[nH]c4ccc(F)cc34)NC(=O)[C@@H](C)NC(=O)CCCC(=O)NCCOc3ccc(cc3)C[C@@H](C(N)=O)NC(=O)[C@]3(C)CCCN3C2=O)cc1. The molecule has 0 spiro atoms. The Bertz CT molecular complexity index is 4050. The molecular formula is C67H76F2N14O14. The molecule has 512 valence electrons. The fraction of sp³-hybridized carbons (Fsp3) is 0.373. The van der Waals surface area contributed by atoms with Crippen LogP contribution < -0.4 is 57.7 Å². The number of methoxy groups -OCH3 is 1. The lowest BCUT2D eigenvalue weighted by Crippen LogP contribution is -2.63. The lowest BCUT2D eigenvalue weighted by Gasteiger charge is -2.37. The van der Waals surface area contributed by atoms with Crippen LogP contribution in [0.5, 0.6) is 11.5 Å². The predicted octanol–water partition coefficient (Wildman–Crippen LogP) is 1.61. The molecule has 14 N–H and O–H groups in total. The van der Waals surface area contributed by atoms with Crippen molar-refractivity contribution in [2.24, 2.45) is 5.73 Å². The summed E-state index contributed by atoms with van der Waals surface area (Å²) in [7, 11) is 1.46. The van der Waals surface area contributed by atoms with Crippen LogP contribution in [0.25, 0.3) is 21.8 Å². The first-order valence-electron chi connectivity index (χ1n) is 31.5. The normalized spacial score (nSPS) is 22.9. The van der Waals surface area contributed by atoms with Crippen molar-refractivity contribution in [3.63, 3.8) is 0 Å². The topological polar surface area (TPSA) is 412 Å². The van der Waals surface area contributed by atoms with Gasteiger partial charge in [-0.25, -0.2) is 13.8 Å². The van der Waals surface area contributed by atoms with Crippen molar-refractivity contribution < 1.29 is 76.1 Å². The predicted molar refractivity (Wildman–Crippen MR) is 345 cm³/mol. The van der Waals surface area contributed by atoms with E-state index in [1.54, 1.807) is 48.5 Å². The highest BCUT2D eigenvalue weighted by Gasteiger charge is 2.49. The van der Waals surface area contributed by atoms with Gasteiger partial charge in [0.05, 0.1) is 26.4 Å². The van der Waals surface area contributed by atoms with Crippen LogP contribution in [0.1, 0.15) is 80.3 Å². The Kier molecular flexibility index (Phi) is 23.0.